The fraction of sp³-hybridized carbons (Fsp3) is 0.278. The molecule has 0 spiro atoms. The van der Waals surface area contributed by atoms with Gasteiger partial charge < -0.3 is 4.57 Å². The van der Waals surface area contributed by atoms with E-state index in [1.165, 1.54) is 16.9 Å². The van der Waals surface area contributed by atoms with E-state index < -0.39 is 0 Å². The summed E-state index contributed by atoms with van der Waals surface area (Å²) in [5, 5.41) is 0. The van der Waals surface area contributed by atoms with E-state index in [4.69, 9.17) is 4.98 Å². The molecule has 106 valence electrons. The fourth-order valence-corrected chi connectivity index (χ4v) is 3.14. The van der Waals surface area contributed by atoms with E-state index in [9.17, 15) is 0 Å². The van der Waals surface area contributed by atoms with E-state index in [1.807, 2.05) is 0 Å². The van der Waals surface area contributed by atoms with Crippen molar-refractivity contribution in [2.45, 2.75) is 19.5 Å². The summed E-state index contributed by atoms with van der Waals surface area (Å²) in [6, 6.07) is 19.2. The molecule has 0 fully saturated rings. The van der Waals surface area contributed by atoms with Crippen LogP contribution in [0.4, 0.5) is 0 Å². The molecular formula is C18H19N3. The van der Waals surface area contributed by atoms with Gasteiger partial charge >= 0.3 is 0 Å². The van der Waals surface area contributed by atoms with Crippen LogP contribution < -0.4 is 0 Å². The lowest BCUT2D eigenvalue weighted by Crippen LogP contribution is -2.35. The molecule has 0 aliphatic carbocycles. The molecule has 2 aromatic carbocycles. The Balaban J connectivity index is 1.49. The summed E-state index contributed by atoms with van der Waals surface area (Å²) in [7, 11) is 0. The molecule has 1 aromatic heterocycles. The molecule has 0 atom stereocenters. The van der Waals surface area contributed by atoms with Crippen LogP contribution in [0.2, 0.25) is 0 Å². The summed E-state index contributed by atoms with van der Waals surface area (Å²) in [6.45, 7) is 4.22. The Kier molecular flexibility index (Phi) is 3.20. The Morgan fingerprint density at radius 1 is 0.905 bits per heavy atom. The van der Waals surface area contributed by atoms with E-state index in [1.54, 1.807) is 0 Å². The largest absolute Gasteiger partial charge is 0.326 e. The predicted molar refractivity (Wildman–Crippen MR) is 85.2 cm³/mol. The summed E-state index contributed by atoms with van der Waals surface area (Å²) >= 11 is 0. The molecule has 0 radical (unpaired) electrons. The molecule has 3 heteroatoms. The number of hydrogen-bond acceptors (Lipinski definition) is 2. The minimum atomic E-state index is 0.960. The van der Waals surface area contributed by atoms with Gasteiger partial charge in [-0.3, -0.25) is 4.90 Å². The first-order chi connectivity index (χ1) is 10.4. The third-order valence-electron chi connectivity index (χ3n) is 4.30. The fourth-order valence-electron chi connectivity index (χ4n) is 3.14. The molecule has 3 nitrogen and oxygen atoms in total. The highest BCUT2D eigenvalue weighted by molar-refractivity contribution is 5.75. The SMILES string of the molecule is c1ccc(CCN2CCn3c(nc4ccccc43)C2)cc1. The molecule has 21 heavy (non-hydrogen) atoms. The zero-order valence-electron chi connectivity index (χ0n) is 12.1. The second kappa shape index (κ2) is 5.34. The van der Waals surface area contributed by atoms with Crippen molar-refractivity contribution in [3.05, 3.63) is 66.0 Å². The van der Waals surface area contributed by atoms with Gasteiger partial charge in [-0.05, 0) is 24.1 Å². The van der Waals surface area contributed by atoms with E-state index in [-0.39, 0.29) is 0 Å². The molecule has 1 aliphatic heterocycles. The van der Waals surface area contributed by atoms with Crippen LogP contribution in [0.15, 0.2) is 54.6 Å². The van der Waals surface area contributed by atoms with E-state index in [0.29, 0.717) is 0 Å². The number of nitrogens with zero attached hydrogens (tertiary/aromatic N) is 3. The van der Waals surface area contributed by atoms with Gasteiger partial charge in [0.05, 0.1) is 17.6 Å². The van der Waals surface area contributed by atoms with Crippen LogP contribution >= 0.6 is 0 Å². The summed E-state index contributed by atoms with van der Waals surface area (Å²) in [5.41, 5.74) is 3.81. The van der Waals surface area contributed by atoms with Crippen molar-refractivity contribution >= 4 is 11.0 Å². The standard InChI is InChI=1S/C18H19N3/c1-2-6-15(7-3-1)10-11-20-12-13-21-17-9-5-4-8-16(17)19-18(21)14-20/h1-9H,10-14H2. The highest BCUT2D eigenvalue weighted by atomic mass is 15.2. The first-order valence-corrected chi connectivity index (χ1v) is 7.60. The van der Waals surface area contributed by atoms with Crippen molar-refractivity contribution in [1.82, 2.24) is 14.5 Å². The van der Waals surface area contributed by atoms with Gasteiger partial charge in [-0.15, -0.1) is 0 Å². The van der Waals surface area contributed by atoms with E-state index in [2.05, 4.69) is 64.1 Å². The maximum Gasteiger partial charge on any atom is 0.124 e. The second-order valence-corrected chi connectivity index (χ2v) is 5.68. The Morgan fingerprint density at radius 2 is 1.71 bits per heavy atom. The lowest BCUT2D eigenvalue weighted by molar-refractivity contribution is 0.222. The number of hydrogen-bond donors (Lipinski definition) is 0. The first-order valence-electron chi connectivity index (χ1n) is 7.60. The van der Waals surface area contributed by atoms with Gasteiger partial charge in [0, 0.05) is 19.6 Å². The zero-order valence-corrected chi connectivity index (χ0v) is 12.1. The minimum Gasteiger partial charge on any atom is -0.326 e. The average Bonchev–Trinajstić information content (AvgIpc) is 2.91. The highest BCUT2D eigenvalue weighted by Gasteiger charge is 2.19. The van der Waals surface area contributed by atoms with Crippen molar-refractivity contribution in [3.63, 3.8) is 0 Å². The van der Waals surface area contributed by atoms with Crippen LogP contribution in [0.3, 0.4) is 0 Å². The van der Waals surface area contributed by atoms with Gasteiger partial charge in [-0.1, -0.05) is 42.5 Å². The molecule has 1 aliphatic rings. The van der Waals surface area contributed by atoms with E-state index in [0.717, 1.165) is 38.1 Å². The van der Waals surface area contributed by atoms with Gasteiger partial charge in [0.25, 0.3) is 0 Å². The van der Waals surface area contributed by atoms with Crippen LogP contribution in [0.5, 0.6) is 0 Å². The molecule has 0 saturated carbocycles. The summed E-state index contributed by atoms with van der Waals surface area (Å²) in [4.78, 5) is 7.29. The predicted octanol–water partition coefficient (Wildman–Crippen LogP) is 3.09. The number of rotatable bonds is 3. The van der Waals surface area contributed by atoms with Crippen LogP contribution in [0.1, 0.15) is 11.4 Å². The minimum absolute atomic E-state index is 0.960. The van der Waals surface area contributed by atoms with Crippen molar-refractivity contribution < 1.29 is 0 Å². The normalized spacial score (nSPS) is 15.2. The maximum atomic E-state index is 4.78. The van der Waals surface area contributed by atoms with Gasteiger partial charge in [-0.2, -0.15) is 0 Å². The van der Waals surface area contributed by atoms with Crippen LogP contribution in [0.25, 0.3) is 11.0 Å². The average molecular weight is 277 g/mol. The van der Waals surface area contributed by atoms with Gasteiger partial charge in [-0.25, -0.2) is 4.98 Å². The molecule has 4 rings (SSSR count). The number of fused-ring (bicyclic) bond motifs is 3. The number of imidazole rings is 1. The van der Waals surface area contributed by atoms with Crippen LogP contribution in [-0.4, -0.2) is 27.5 Å². The lowest BCUT2D eigenvalue weighted by Gasteiger charge is -2.27. The van der Waals surface area contributed by atoms with Gasteiger partial charge in [0.2, 0.25) is 0 Å². The number of aromatic nitrogens is 2. The quantitative estimate of drug-likeness (QED) is 0.733. The molecular weight excluding hydrogens is 258 g/mol. The molecule has 2 heterocycles. The van der Waals surface area contributed by atoms with Crippen LogP contribution in [-0.2, 0) is 19.5 Å². The van der Waals surface area contributed by atoms with Crippen molar-refractivity contribution in [3.8, 4) is 0 Å². The maximum absolute atomic E-state index is 4.78. The second-order valence-electron chi connectivity index (χ2n) is 5.68. The number of para-hydroxylation sites is 2. The van der Waals surface area contributed by atoms with Gasteiger partial charge in [0.1, 0.15) is 5.82 Å². The van der Waals surface area contributed by atoms with Crippen molar-refractivity contribution in [1.29, 1.82) is 0 Å². The highest BCUT2D eigenvalue weighted by Crippen LogP contribution is 2.20. The van der Waals surface area contributed by atoms with Crippen molar-refractivity contribution in [2.75, 3.05) is 13.1 Å². The smallest absolute Gasteiger partial charge is 0.124 e. The van der Waals surface area contributed by atoms with Crippen LogP contribution in [0, 0.1) is 0 Å². The molecule has 0 amide bonds. The summed E-state index contributed by atoms with van der Waals surface area (Å²) < 4.78 is 2.37. The Labute approximate surface area is 124 Å². The molecule has 0 bridgehead atoms. The molecule has 0 saturated heterocycles. The molecule has 3 aromatic rings. The third-order valence-corrected chi connectivity index (χ3v) is 4.30. The van der Waals surface area contributed by atoms with Gasteiger partial charge in [0.15, 0.2) is 0 Å². The van der Waals surface area contributed by atoms with E-state index >= 15 is 0 Å². The van der Waals surface area contributed by atoms with Crippen molar-refractivity contribution in [2.24, 2.45) is 0 Å². The monoisotopic (exact) mass is 277 g/mol. The Hall–Kier alpha value is -2.13. The molecule has 0 N–H and O–H groups in total. The Bertz CT molecular complexity index is 746. The first kappa shape index (κ1) is 12.6. The molecule has 0 unspecified atom stereocenters. The number of benzene rings is 2. The Morgan fingerprint density at radius 3 is 2.62 bits per heavy atom. The third kappa shape index (κ3) is 2.45. The summed E-state index contributed by atoms with van der Waals surface area (Å²) in [6.07, 6.45) is 1.11. The lowest BCUT2D eigenvalue weighted by atomic mass is 10.1. The zero-order chi connectivity index (χ0) is 14.1. The summed E-state index contributed by atoms with van der Waals surface area (Å²) in [5.74, 6) is 1.20. The topological polar surface area (TPSA) is 21.1 Å².